The number of carbonyl (C=O) groups is 2. The number of benzene rings is 1. The Kier molecular flexibility index (Phi) is 3.12. The number of carboxylic acids is 1. The van der Waals surface area contributed by atoms with Gasteiger partial charge in [-0.25, -0.2) is 9.59 Å². The van der Waals surface area contributed by atoms with Crippen molar-refractivity contribution in [3.05, 3.63) is 29.8 Å². The van der Waals surface area contributed by atoms with Crippen LogP contribution < -0.4 is 11.1 Å². The number of carbonyl (C=O) groups excluding carboxylic acids is 1. The zero-order valence-electron chi connectivity index (χ0n) is 7.68. The molecule has 5 N–H and O–H groups in total. The summed E-state index contributed by atoms with van der Waals surface area (Å²) in [4.78, 5) is 21.4. The molecule has 0 heterocycles. The quantitative estimate of drug-likeness (QED) is 0.570. The maximum Gasteiger partial charge on any atom is 0.331 e. The van der Waals surface area contributed by atoms with Crippen molar-refractivity contribution in [2.45, 2.75) is 6.04 Å². The van der Waals surface area contributed by atoms with Gasteiger partial charge in [-0.1, -0.05) is 18.2 Å². The molecule has 1 aromatic carbocycles. The molecule has 0 aromatic heterocycles. The zero-order chi connectivity index (χ0) is 11.4. The molecule has 0 spiro atoms. The molecule has 0 aliphatic carbocycles. The number of hydrogen-bond donors (Lipinski definition) is 4. The molecule has 1 aromatic rings. The molecule has 1 unspecified atom stereocenters. The molecular formula is C9H10N2O4. The summed E-state index contributed by atoms with van der Waals surface area (Å²) in [6.07, 6.45) is 0. The highest BCUT2D eigenvalue weighted by atomic mass is 16.4. The van der Waals surface area contributed by atoms with Gasteiger partial charge >= 0.3 is 12.0 Å². The number of carboxylic acid groups (broad SMARTS) is 1. The number of rotatable bonds is 3. The number of urea groups is 1. The summed E-state index contributed by atoms with van der Waals surface area (Å²) in [5.74, 6) is -1.51. The molecule has 0 saturated heterocycles. The van der Waals surface area contributed by atoms with Crippen LogP contribution in [0.2, 0.25) is 0 Å². The number of nitrogens with two attached hydrogens (primary N) is 1. The van der Waals surface area contributed by atoms with Gasteiger partial charge in [0.15, 0.2) is 6.04 Å². The van der Waals surface area contributed by atoms with Gasteiger partial charge in [-0.2, -0.15) is 0 Å². The Bertz CT molecular complexity index is 391. The van der Waals surface area contributed by atoms with Crippen LogP contribution in [0.1, 0.15) is 11.6 Å². The fourth-order valence-electron chi connectivity index (χ4n) is 1.15. The third-order valence-corrected chi connectivity index (χ3v) is 1.78. The van der Waals surface area contributed by atoms with E-state index >= 15 is 0 Å². The van der Waals surface area contributed by atoms with Crippen molar-refractivity contribution in [1.29, 1.82) is 0 Å². The minimum absolute atomic E-state index is 0.0869. The molecule has 6 heteroatoms. The van der Waals surface area contributed by atoms with E-state index in [9.17, 15) is 14.7 Å². The number of nitrogens with one attached hydrogen (secondary N) is 1. The molecule has 1 atom stereocenters. The molecule has 0 radical (unpaired) electrons. The first kappa shape index (κ1) is 10.8. The Morgan fingerprint density at radius 2 is 1.93 bits per heavy atom. The van der Waals surface area contributed by atoms with E-state index in [0.717, 1.165) is 0 Å². The van der Waals surface area contributed by atoms with Gasteiger partial charge in [0.2, 0.25) is 0 Å². The van der Waals surface area contributed by atoms with Gasteiger partial charge in [-0.3, -0.25) is 0 Å². The Morgan fingerprint density at radius 3 is 2.40 bits per heavy atom. The van der Waals surface area contributed by atoms with Gasteiger partial charge in [0.25, 0.3) is 0 Å². The third-order valence-electron chi connectivity index (χ3n) is 1.78. The Labute approximate surface area is 85.3 Å². The molecule has 2 amide bonds. The van der Waals surface area contributed by atoms with Crippen LogP contribution in [-0.4, -0.2) is 22.2 Å². The van der Waals surface area contributed by atoms with Crippen LogP contribution in [0.25, 0.3) is 0 Å². The number of hydrogen-bond acceptors (Lipinski definition) is 3. The average Bonchev–Trinajstić information content (AvgIpc) is 2.15. The van der Waals surface area contributed by atoms with Crippen molar-refractivity contribution in [2.24, 2.45) is 5.73 Å². The smallest absolute Gasteiger partial charge is 0.331 e. The highest BCUT2D eigenvalue weighted by molar-refractivity contribution is 5.83. The van der Waals surface area contributed by atoms with Crippen molar-refractivity contribution < 1.29 is 19.8 Å². The molecule has 80 valence electrons. The van der Waals surface area contributed by atoms with E-state index in [1.165, 1.54) is 12.1 Å². The number of para-hydroxylation sites is 1. The summed E-state index contributed by atoms with van der Waals surface area (Å²) in [6.45, 7) is 0. The van der Waals surface area contributed by atoms with E-state index in [0.29, 0.717) is 0 Å². The molecule has 0 fully saturated rings. The normalized spacial score (nSPS) is 11.7. The number of phenols is 1. The first-order chi connectivity index (χ1) is 7.02. The number of primary amides is 1. The van der Waals surface area contributed by atoms with E-state index in [4.69, 9.17) is 10.8 Å². The fraction of sp³-hybridized carbons (Fsp3) is 0.111. The lowest BCUT2D eigenvalue weighted by Gasteiger charge is -2.14. The van der Waals surface area contributed by atoms with Gasteiger partial charge in [0.1, 0.15) is 5.75 Å². The molecule has 0 saturated carbocycles. The molecular weight excluding hydrogens is 200 g/mol. The van der Waals surface area contributed by atoms with Crippen LogP contribution in [-0.2, 0) is 4.79 Å². The van der Waals surface area contributed by atoms with Gasteiger partial charge < -0.3 is 21.3 Å². The highest BCUT2D eigenvalue weighted by Crippen LogP contribution is 2.23. The number of aliphatic carboxylic acids is 1. The van der Waals surface area contributed by atoms with Gasteiger partial charge in [0, 0.05) is 5.56 Å². The van der Waals surface area contributed by atoms with Crippen LogP contribution in [0.5, 0.6) is 5.75 Å². The number of aromatic hydroxyl groups is 1. The Balaban J connectivity index is 3.04. The third kappa shape index (κ3) is 2.60. The molecule has 0 aliphatic rings. The van der Waals surface area contributed by atoms with Crippen LogP contribution in [0, 0.1) is 0 Å². The minimum atomic E-state index is -1.34. The lowest BCUT2D eigenvalue weighted by atomic mass is 10.1. The van der Waals surface area contributed by atoms with E-state index in [-0.39, 0.29) is 11.3 Å². The SMILES string of the molecule is NC(=O)NC(C(=O)O)c1ccccc1O. The zero-order valence-corrected chi connectivity index (χ0v) is 7.68. The predicted molar refractivity (Wildman–Crippen MR) is 51.2 cm³/mol. The first-order valence-electron chi connectivity index (χ1n) is 4.09. The lowest BCUT2D eigenvalue weighted by molar-refractivity contribution is -0.139. The molecule has 1 rings (SSSR count). The van der Waals surface area contributed by atoms with Crippen LogP contribution in [0.15, 0.2) is 24.3 Å². The molecule has 6 nitrogen and oxygen atoms in total. The Hall–Kier alpha value is -2.24. The predicted octanol–water partition coefficient (Wildman–Crippen LogP) is 0.186. The summed E-state index contributed by atoms with van der Waals surface area (Å²) < 4.78 is 0. The van der Waals surface area contributed by atoms with Crippen LogP contribution >= 0.6 is 0 Å². The number of amides is 2. The van der Waals surface area contributed by atoms with E-state index in [1.807, 2.05) is 5.32 Å². The second-order valence-corrected chi connectivity index (χ2v) is 2.84. The monoisotopic (exact) mass is 210 g/mol. The number of phenolic OH excluding ortho intramolecular Hbond substituents is 1. The van der Waals surface area contributed by atoms with Crippen molar-refractivity contribution in [2.75, 3.05) is 0 Å². The maximum absolute atomic E-state index is 10.8. The van der Waals surface area contributed by atoms with E-state index in [1.54, 1.807) is 12.1 Å². The standard InChI is InChI=1S/C9H10N2O4/c10-9(15)11-7(8(13)14)5-3-1-2-4-6(5)12/h1-4,7,12H,(H,13,14)(H3,10,11,15). The summed E-state index contributed by atoms with van der Waals surface area (Å²) in [5, 5.41) is 20.2. The van der Waals surface area contributed by atoms with Crippen molar-refractivity contribution in [3.63, 3.8) is 0 Å². The summed E-state index contributed by atoms with van der Waals surface area (Å²) >= 11 is 0. The van der Waals surface area contributed by atoms with Gasteiger partial charge in [-0.15, -0.1) is 0 Å². The van der Waals surface area contributed by atoms with Crippen molar-refractivity contribution >= 4 is 12.0 Å². The van der Waals surface area contributed by atoms with Crippen molar-refractivity contribution in [3.8, 4) is 5.75 Å². The Morgan fingerprint density at radius 1 is 1.33 bits per heavy atom. The molecule has 0 bridgehead atoms. The van der Waals surface area contributed by atoms with E-state index in [2.05, 4.69) is 0 Å². The summed E-state index contributed by atoms with van der Waals surface area (Å²) in [6, 6.07) is 3.50. The highest BCUT2D eigenvalue weighted by Gasteiger charge is 2.23. The molecule has 15 heavy (non-hydrogen) atoms. The minimum Gasteiger partial charge on any atom is -0.508 e. The summed E-state index contributed by atoms with van der Waals surface area (Å²) in [5.41, 5.74) is 4.91. The van der Waals surface area contributed by atoms with Gasteiger partial charge in [-0.05, 0) is 6.07 Å². The summed E-state index contributed by atoms with van der Waals surface area (Å²) in [7, 11) is 0. The second kappa shape index (κ2) is 4.32. The van der Waals surface area contributed by atoms with Crippen LogP contribution in [0.4, 0.5) is 4.79 Å². The fourth-order valence-corrected chi connectivity index (χ4v) is 1.15. The van der Waals surface area contributed by atoms with Gasteiger partial charge in [0.05, 0.1) is 0 Å². The molecule has 0 aliphatic heterocycles. The topological polar surface area (TPSA) is 113 Å². The second-order valence-electron chi connectivity index (χ2n) is 2.84. The van der Waals surface area contributed by atoms with Crippen LogP contribution in [0.3, 0.4) is 0 Å². The lowest BCUT2D eigenvalue weighted by Crippen LogP contribution is -2.37. The first-order valence-corrected chi connectivity index (χ1v) is 4.09. The van der Waals surface area contributed by atoms with E-state index < -0.39 is 18.0 Å². The average molecular weight is 210 g/mol. The largest absolute Gasteiger partial charge is 0.508 e. The maximum atomic E-state index is 10.8. The van der Waals surface area contributed by atoms with Crippen molar-refractivity contribution in [1.82, 2.24) is 5.32 Å².